The first-order valence-electron chi connectivity index (χ1n) is 23.6. The maximum Gasteiger partial charge on any atom is 0.245 e. The van der Waals surface area contributed by atoms with Crippen molar-refractivity contribution in [1.82, 2.24) is 51.8 Å². The Kier molecular flexibility index (Phi) is 20.8. The van der Waals surface area contributed by atoms with Gasteiger partial charge in [-0.3, -0.25) is 43.3 Å². The van der Waals surface area contributed by atoms with Gasteiger partial charge in [0.1, 0.15) is 36.3 Å². The summed E-state index contributed by atoms with van der Waals surface area (Å²) in [6.45, 7) is -0.658. The number of guanidine groups is 1. The zero-order valence-corrected chi connectivity index (χ0v) is 40.0. The number of nitrogens with zero attached hydrogens (tertiary/aromatic N) is 2. The predicted molar refractivity (Wildman–Crippen MR) is 269 cm³/mol. The number of aliphatic hydroxyl groups excluding tert-OH is 1. The molecule has 26 nitrogen and oxygen atoms in total. The Labute approximate surface area is 418 Å². The van der Waals surface area contributed by atoms with Crippen molar-refractivity contribution in [3.8, 4) is 0 Å². The number of aromatic nitrogens is 4. The molecular formula is C47H65N17O9. The second-order valence-corrected chi connectivity index (χ2v) is 17.4. The minimum Gasteiger partial charge on any atom is -0.394 e. The molecule has 0 aliphatic carbocycles. The Balaban J connectivity index is 1.34. The number of hydrogen-bond acceptors (Lipinski definition) is 13. The van der Waals surface area contributed by atoms with Gasteiger partial charge >= 0.3 is 0 Å². The summed E-state index contributed by atoms with van der Waals surface area (Å²) in [7, 11) is 0. The van der Waals surface area contributed by atoms with Crippen molar-refractivity contribution in [1.29, 1.82) is 0 Å². The third-order valence-corrected chi connectivity index (χ3v) is 11.8. The fourth-order valence-corrected chi connectivity index (χ4v) is 7.98. The van der Waals surface area contributed by atoms with Gasteiger partial charge in [0.05, 0.1) is 25.4 Å². The number of fused-ring (bicyclic) bond motifs is 2. The van der Waals surface area contributed by atoms with Crippen molar-refractivity contribution in [2.45, 2.75) is 100 Å². The number of H-pyrrole nitrogens is 3. The van der Waals surface area contributed by atoms with Gasteiger partial charge in [-0.2, -0.15) is 0 Å². The number of aliphatic hydroxyl groups is 1. The van der Waals surface area contributed by atoms with E-state index < -0.39 is 103 Å². The lowest BCUT2D eigenvalue weighted by molar-refractivity contribution is -0.136. The molecule has 8 amide bonds. The minimum atomic E-state index is -1.72. The van der Waals surface area contributed by atoms with Crippen LogP contribution in [0.15, 0.2) is 78.4 Å². The summed E-state index contributed by atoms with van der Waals surface area (Å²) in [5.41, 5.74) is 37.1. The van der Waals surface area contributed by atoms with Crippen LogP contribution in [-0.2, 0) is 57.6 Å². The van der Waals surface area contributed by atoms with Crippen molar-refractivity contribution in [3.05, 3.63) is 90.3 Å². The van der Waals surface area contributed by atoms with Gasteiger partial charge in [0.2, 0.25) is 47.3 Å². The number of imidazole rings is 1. The lowest BCUT2D eigenvalue weighted by Gasteiger charge is -2.27. The van der Waals surface area contributed by atoms with Crippen LogP contribution in [0.3, 0.4) is 0 Å². The van der Waals surface area contributed by atoms with Crippen LogP contribution in [0.2, 0.25) is 0 Å². The van der Waals surface area contributed by atoms with Gasteiger partial charge in [-0.25, -0.2) is 4.98 Å². The highest BCUT2D eigenvalue weighted by Crippen LogP contribution is 2.21. The molecule has 3 heterocycles. The molecule has 0 saturated heterocycles. The summed E-state index contributed by atoms with van der Waals surface area (Å²) in [4.78, 5) is 125. The molecule has 26 heteroatoms. The monoisotopic (exact) mass is 1010 g/mol. The number of nitrogens with one attached hydrogen (secondary N) is 9. The van der Waals surface area contributed by atoms with E-state index in [1.165, 1.54) is 12.5 Å². The first-order valence-corrected chi connectivity index (χ1v) is 23.6. The molecule has 0 unspecified atom stereocenters. The van der Waals surface area contributed by atoms with Gasteiger partial charge in [0.15, 0.2) is 5.96 Å². The Morgan fingerprint density at radius 2 is 1.10 bits per heavy atom. The van der Waals surface area contributed by atoms with E-state index in [1.807, 2.05) is 30.3 Å². The van der Waals surface area contributed by atoms with Crippen molar-refractivity contribution in [2.75, 3.05) is 19.7 Å². The van der Waals surface area contributed by atoms with E-state index in [0.29, 0.717) is 17.7 Å². The van der Waals surface area contributed by atoms with E-state index in [0.717, 1.165) is 27.4 Å². The molecule has 7 atom stereocenters. The van der Waals surface area contributed by atoms with Crippen molar-refractivity contribution in [2.24, 2.45) is 39.4 Å². The maximum absolute atomic E-state index is 14.4. The number of amides is 8. The van der Waals surface area contributed by atoms with Crippen molar-refractivity contribution in [3.63, 3.8) is 0 Å². The van der Waals surface area contributed by atoms with E-state index in [-0.39, 0.29) is 64.0 Å². The molecule has 5 aromatic rings. The van der Waals surface area contributed by atoms with E-state index in [1.54, 1.807) is 30.6 Å². The van der Waals surface area contributed by atoms with E-state index >= 15 is 0 Å². The molecule has 0 spiro atoms. The number of hydrogen-bond donors (Lipinski definition) is 16. The first-order chi connectivity index (χ1) is 35.0. The third kappa shape index (κ3) is 16.6. The maximum atomic E-state index is 14.4. The topological polar surface area (TPSA) is 458 Å². The predicted octanol–water partition coefficient (Wildman–Crippen LogP) is -3.83. The summed E-state index contributed by atoms with van der Waals surface area (Å²) in [5, 5.41) is 27.4. The summed E-state index contributed by atoms with van der Waals surface area (Å²) in [6.07, 6.45) is 6.28. The van der Waals surface area contributed by atoms with Crippen LogP contribution in [0.1, 0.15) is 55.3 Å². The fraction of sp³-hybridized carbons (Fsp3) is 0.404. The summed E-state index contributed by atoms with van der Waals surface area (Å²) in [5.74, 6) is -7.49. The zero-order valence-electron chi connectivity index (χ0n) is 40.0. The van der Waals surface area contributed by atoms with Gasteiger partial charge in [0.25, 0.3) is 0 Å². The van der Waals surface area contributed by atoms with Crippen molar-refractivity contribution < 1.29 is 43.5 Å². The highest BCUT2D eigenvalue weighted by atomic mass is 16.3. The summed E-state index contributed by atoms with van der Waals surface area (Å²) in [6, 6.07) is 4.83. The number of unbranched alkanes of at least 4 members (excludes halogenated alkanes) is 1. The van der Waals surface area contributed by atoms with Crippen LogP contribution < -0.4 is 66.3 Å². The SMILES string of the molecule is NCCCC[C@H](NC(=O)[C@H](CO)NC(=O)[C@H](Cc1c[nH]c2ccccc12)NC(=O)[C@H](Cc1cnc[nH]1)NC(=O)[C@@H](N)Cc1c[nH]c2ccccc12)C(=O)N[C@@H](CC(N)=O)C(=O)N[C@@H](CCCN=C(N)N)C(N)=O. The van der Waals surface area contributed by atoms with Crippen LogP contribution in [0, 0.1) is 0 Å². The fourth-order valence-electron chi connectivity index (χ4n) is 7.98. The normalized spacial score (nSPS) is 14.1. The van der Waals surface area contributed by atoms with Crippen LogP contribution in [0.5, 0.6) is 0 Å². The number of aromatic amines is 3. The van der Waals surface area contributed by atoms with Crippen molar-refractivity contribution >= 4 is 75.0 Å². The quantitative estimate of drug-likeness (QED) is 0.0119. The second-order valence-electron chi connectivity index (χ2n) is 17.4. The Hall–Kier alpha value is -8.36. The van der Waals surface area contributed by atoms with Gasteiger partial charge in [0, 0.05) is 65.5 Å². The number of nitrogens with two attached hydrogens (primary N) is 6. The Bertz CT molecular complexity index is 2720. The van der Waals surface area contributed by atoms with E-state index in [2.05, 4.69) is 56.8 Å². The molecule has 0 radical (unpaired) electrons. The lowest BCUT2D eigenvalue weighted by Crippen LogP contribution is -2.61. The first kappa shape index (κ1) is 55.6. The highest BCUT2D eigenvalue weighted by molar-refractivity contribution is 5.99. The van der Waals surface area contributed by atoms with E-state index in [4.69, 9.17) is 34.4 Å². The zero-order chi connectivity index (χ0) is 53.0. The summed E-state index contributed by atoms with van der Waals surface area (Å²) >= 11 is 0. The number of aliphatic imine (C=N–C) groups is 1. The Morgan fingerprint density at radius 3 is 1.67 bits per heavy atom. The number of primary amides is 2. The Morgan fingerprint density at radius 1 is 0.589 bits per heavy atom. The number of para-hydroxylation sites is 2. The molecular weight excluding hydrogens is 947 g/mol. The smallest absolute Gasteiger partial charge is 0.245 e. The third-order valence-electron chi connectivity index (χ3n) is 11.8. The van der Waals surface area contributed by atoms with Gasteiger partial charge in [-0.05, 0) is 68.3 Å². The second kappa shape index (κ2) is 27.3. The number of carbonyl (C=O) groups is 8. The van der Waals surface area contributed by atoms with E-state index in [9.17, 15) is 43.5 Å². The van der Waals surface area contributed by atoms with Crippen LogP contribution in [0.4, 0.5) is 0 Å². The van der Waals surface area contributed by atoms with Crippen LogP contribution >= 0.6 is 0 Å². The van der Waals surface area contributed by atoms with Crippen LogP contribution in [-0.4, -0.2) is 140 Å². The summed E-state index contributed by atoms with van der Waals surface area (Å²) < 4.78 is 0. The molecule has 3 aromatic heterocycles. The van der Waals surface area contributed by atoms with Gasteiger partial charge in [-0.15, -0.1) is 0 Å². The molecule has 22 N–H and O–H groups in total. The number of benzene rings is 2. The average Bonchev–Trinajstić information content (AvgIpc) is 4.13. The molecule has 0 bridgehead atoms. The molecule has 2 aromatic carbocycles. The molecule has 73 heavy (non-hydrogen) atoms. The molecule has 392 valence electrons. The molecule has 0 saturated carbocycles. The minimum absolute atomic E-state index is 0.00239. The highest BCUT2D eigenvalue weighted by Gasteiger charge is 2.34. The van der Waals surface area contributed by atoms with Gasteiger partial charge < -0.3 is 86.4 Å². The lowest BCUT2D eigenvalue weighted by atomic mass is 10.0. The average molecular weight is 1010 g/mol. The number of carbonyl (C=O) groups excluding carboxylic acids is 8. The van der Waals surface area contributed by atoms with Crippen LogP contribution in [0.25, 0.3) is 21.8 Å². The molecule has 0 aliphatic heterocycles. The molecule has 0 fully saturated rings. The standard InChI is InChI=1S/C47H65N17O9/c48-14-6-5-12-34(42(69)63-37(19-39(50)66)45(72)59-33(40(51)67)13-7-15-55-47(52)53)60-46(73)38(23-65)64-43(70)35(17-26-21-57-32-11-4-2-9-29(26)32)62-44(71)36(18-27-22-54-24-58-27)61-41(68)30(49)16-25-20-56-31-10-3-1-8-28(25)31/h1-4,8-11,20-22,24,30,33-38,56-57,65H,5-7,12-19,23,48-49H2,(H2,50,66)(H2,51,67)(H,54,58)(H,59,72)(H,60,73)(H,61,68)(H,62,71)(H,63,69)(H,64,70)(H4,52,53,55)/t30-,33-,34-,35-,36-,37-,38-/m0/s1. The molecule has 0 aliphatic rings. The number of rotatable bonds is 30. The molecule has 5 rings (SSSR count). The largest absolute Gasteiger partial charge is 0.394 e. The van der Waals surface area contributed by atoms with Gasteiger partial charge in [-0.1, -0.05) is 36.4 Å².